The first kappa shape index (κ1) is 15.7. The highest BCUT2D eigenvalue weighted by Crippen LogP contribution is 2.27. The molecule has 0 fully saturated rings. The monoisotopic (exact) mass is 283 g/mol. The van der Waals surface area contributed by atoms with E-state index in [1.807, 2.05) is 20.8 Å². The fraction of sp³-hybridized carbons (Fsp3) is 0.538. The number of carbonyl (C=O) groups excluding carboxylic acids is 2. The Morgan fingerprint density at radius 1 is 1.42 bits per heavy atom. The molecule has 0 unspecified atom stereocenters. The van der Waals surface area contributed by atoms with E-state index in [2.05, 4.69) is 10.6 Å². The van der Waals surface area contributed by atoms with E-state index in [0.29, 0.717) is 30.1 Å². The minimum Gasteiger partial charge on any atom is -0.351 e. The molecule has 0 bridgehead atoms. The SMILES string of the molecule is Cc1cc(C(=O)NCCN)c(NC(=O)CC(C)C)s1. The Hall–Kier alpha value is -1.40. The van der Waals surface area contributed by atoms with Crippen LogP contribution in [0.2, 0.25) is 0 Å². The second kappa shape index (κ2) is 7.25. The second-order valence-electron chi connectivity index (χ2n) is 4.79. The molecule has 0 aliphatic heterocycles. The smallest absolute Gasteiger partial charge is 0.254 e. The highest BCUT2D eigenvalue weighted by Gasteiger charge is 2.16. The summed E-state index contributed by atoms with van der Waals surface area (Å²) in [5, 5.41) is 6.12. The van der Waals surface area contributed by atoms with Gasteiger partial charge >= 0.3 is 0 Å². The Bertz CT molecular complexity index is 455. The number of rotatable bonds is 6. The van der Waals surface area contributed by atoms with E-state index in [1.54, 1.807) is 6.07 Å². The van der Waals surface area contributed by atoms with Gasteiger partial charge in [0.15, 0.2) is 0 Å². The predicted octanol–water partition coefficient (Wildman–Crippen LogP) is 1.73. The molecular weight excluding hydrogens is 262 g/mol. The van der Waals surface area contributed by atoms with Gasteiger partial charge in [-0.05, 0) is 18.9 Å². The predicted molar refractivity (Wildman–Crippen MR) is 78.5 cm³/mol. The first-order valence-electron chi connectivity index (χ1n) is 6.32. The number of nitrogens with one attached hydrogen (secondary N) is 2. The summed E-state index contributed by atoms with van der Waals surface area (Å²) in [7, 11) is 0. The zero-order valence-electron chi connectivity index (χ0n) is 11.6. The van der Waals surface area contributed by atoms with Gasteiger partial charge in [-0.15, -0.1) is 11.3 Å². The Morgan fingerprint density at radius 3 is 2.68 bits per heavy atom. The minimum absolute atomic E-state index is 0.0651. The molecule has 19 heavy (non-hydrogen) atoms. The zero-order valence-corrected chi connectivity index (χ0v) is 12.4. The molecule has 1 rings (SSSR count). The lowest BCUT2D eigenvalue weighted by Gasteiger charge is -2.08. The molecule has 0 atom stereocenters. The van der Waals surface area contributed by atoms with Gasteiger partial charge in [-0.1, -0.05) is 13.8 Å². The normalized spacial score (nSPS) is 10.6. The van der Waals surface area contributed by atoms with Crippen LogP contribution in [0.5, 0.6) is 0 Å². The van der Waals surface area contributed by atoms with Crippen molar-refractivity contribution in [3.05, 3.63) is 16.5 Å². The van der Waals surface area contributed by atoms with Crippen molar-refractivity contribution in [2.75, 3.05) is 18.4 Å². The van der Waals surface area contributed by atoms with E-state index < -0.39 is 0 Å². The summed E-state index contributed by atoms with van der Waals surface area (Å²) < 4.78 is 0. The number of hydrogen-bond donors (Lipinski definition) is 3. The third-order valence-corrected chi connectivity index (χ3v) is 3.34. The van der Waals surface area contributed by atoms with Gasteiger partial charge in [0, 0.05) is 24.4 Å². The van der Waals surface area contributed by atoms with Gasteiger partial charge in [-0.25, -0.2) is 0 Å². The first-order chi connectivity index (χ1) is 8.93. The topological polar surface area (TPSA) is 84.2 Å². The molecule has 6 heteroatoms. The number of hydrogen-bond acceptors (Lipinski definition) is 4. The lowest BCUT2D eigenvalue weighted by molar-refractivity contribution is -0.116. The van der Waals surface area contributed by atoms with Crippen LogP contribution in [-0.4, -0.2) is 24.9 Å². The largest absolute Gasteiger partial charge is 0.351 e. The molecule has 0 aromatic carbocycles. The molecule has 0 saturated heterocycles. The van der Waals surface area contributed by atoms with Crippen LogP contribution in [0.4, 0.5) is 5.00 Å². The van der Waals surface area contributed by atoms with E-state index in [1.165, 1.54) is 11.3 Å². The molecular formula is C13H21N3O2S. The van der Waals surface area contributed by atoms with Crippen LogP contribution < -0.4 is 16.4 Å². The molecule has 0 spiro atoms. The van der Waals surface area contributed by atoms with Crippen molar-refractivity contribution in [3.8, 4) is 0 Å². The van der Waals surface area contributed by atoms with Crippen LogP contribution in [0, 0.1) is 12.8 Å². The van der Waals surface area contributed by atoms with Gasteiger partial charge in [-0.3, -0.25) is 9.59 Å². The summed E-state index contributed by atoms with van der Waals surface area (Å²) in [4.78, 5) is 24.7. The standard InChI is InChI=1S/C13H21N3O2S/c1-8(2)6-11(17)16-13-10(7-9(3)19-13)12(18)15-5-4-14/h7-8H,4-6,14H2,1-3H3,(H,15,18)(H,16,17). The number of amides is 2. The van der Waals surface area contributed by atoms with Crippen LogP contribution in [0.1, 0.15) is 35.5 Å². The minimum atomic E-state index is -0.199. The highest BCUT2D eigenvalue weighted by molar-refractivity contribution is 7.16. The molecule has 0 aliphatic carbocycles. The Morgan fingerprint density at radius 2 is 2.11 bits per heavy atom. The molecule has 1 aromatic heterocycles. The third kappa shape index (κ3) is 5.00. The quantitative estimate of drug-likeness (QED) is 0.743. The number of thiophene rings is 1. The Balaban J connectivity index is 2.78. The van der Waals surface area contributed by atoms with Crippen LogP contribution in [-0.2, 0) is 4.79 Å². The van der Waals surface area contributed by atoms with E-state index in [-0.39, 0.29) is 17.7 Å². The lowest BCUT2D eigenvalue weighted by Crippen LogP contribution is -2.29. The van der Waals surface area contributed by atoms with E-state index >= 15 is 0 Å². The number of anilines is 1. The van der Waals surface area contributed by atoms with Crippen LogP contribution >= 0.6 is 11.3 Å². The molecule has 0 saturated carbocycles. The number of nitrogens with two attached hydrogens (primary N) is 1. The van der Waals surface area contributed by atoms with Gasteiger partial charge in [0.25, 0.3) is 5.91 Å². The molecule has 106 valence electrons. The van der Waals surface area contributed by atoms with Crippen molar-refractivity contribution in [1.82, 2.24) is 5.32 Å². The molecule has 1 heterocycles. The fourth-order valence-corrected chi connectivity index (χ4v) is 2.53. The number of carbonyl (C=O) groups is 2. The van der Waals surface area contributed by atoms with Crippen molar-refractivity contribution in [1.29, 1.82) is 0 Å². The first-order valence-corrected chi connectivity index (χ1v) is 7.14. The van der Waals surface area contributed by atoms with Crippen LogP contribution in [0.15, 0.2) is 6.07 Å². The third-order valence-electron chi connectivity index (χ3n) is 2.38. The fourth-order valence-electron chi connectivity index (χ4n) is 1.61. The van der Waals surface area contributed by atoms with E-state index in [4.69, 9.17) is 5.73 Å². The van der Waals surface area contributed by atoms with Crippen LogP contribution in [0.25, 0.3) is 0 Å². The lowest BCUT2D eigenvalue weighted by atomic mass is 10.1. The average Bonchev–Trinajstić information content (AvgIpc) is 2.65. The summed E-state index contributed by atoms with van der Waals surface area (Å²) >= 11 is 1.41. The maximum Gasteiger partial charge on any atom is 0.254 e. The van der Waals surface area contributed by atoms with Crippen molar-refractivity contribution in [2.45, 2.75) is 27.2 Å². The summed E-state index contributed by atoms with van der Waals surface area (Å²) in [6.45, 7) is 6.68. The summed E-state index contributed by atoms with van der Waals surface area (Å²) in [6, 6.07) is 1.78. The molecule has 2 amide bonds. The van der Waals surface area contributed by atoms with Crippen LogP contribution in [0.3, 0.4) is 0 Å². The van der Waals surface area contributed by atoms with Crippen molar-refractivity contribution in [3.63, 3.8) is 0 Å². The number of aryl methyl sites for hydroxylation is 1. The van der Waals surface area contributed by atoms with Gasteiger partial charge in [0.05, 0.1) is 5.56 Å². The zero-order chi connectivity index (χ0) is 14.4. The van der Waals surface area contributed by atoms with Crippen molar-refractivity contribution >= 4 is 28.2 Å². The van der Waals surface area contributed by atoms with Crippen molar-refractivity contribution in [2.24, 2.45) is 11.7 Å². The highest BCUT2D eigenvalue weighted by atomic mass is 32.1. The average molecular weight is 283 g/mol. The summed E-state index contributed by atoms with van der Waals surface area (Å²) in [6.07, 6.45) is 0.445. The Kier molecular flexibility index (Phi) is 5.98. The summed E-state index contributed by atoms with van der Waals surface area (Å²) in [5.74, 6) is 0.0231. The molecule has 0 aliphatic rings. The summed E-state index contributed by atoms with van der Waals surface area (Å²) in [5.41, 5.74) is 5.86. The van der Waals surface area contributed by atoms with Gasteiger partial charge in [0.2, 0.25) is 5.91 Å². The molecule has 0 radical (unpaired) electrons. The Labute approximate surface area is 117 Å². The van der Waals surface area contributed by atoms with Gasteiger partial charge in [0.1, 0.15) is 5.00 Å². The van der Waals surface area contributed by atoms with Gasteiger partial charge in [-0.2, -0.15) is 0 Å². The second-order valence-corrected chi connectivity index (χ2v) is 6.05. The maximum atomic E-state index is 11.9. The molecule has 5 nitrogen and oxygen atoms in total. The van der Waals surface area contributed by atoms with E-state index in [9.17, 15) is 9.59 Å². The molecule has 4 N–H and O–H groups in total. The molecule has 1 aromatic rings. The van der Waals surface area contributed by atoms with Crippen molar-refractivity contribution < 1.29 is 9.59 Å². The van der Waals surface area contributed by atoms with Gasteiger partial charge < -0.3 is 16.4 Å². The van der Waals surface area contributed by atoms with E-state index in [0.717, 1.165) is 4.88 Å². The maximum absolute atomic E-state index is 11.9.